The van der Waals surface area contributed by atoms with E-state index >= 15 is 0 Å². The van der Waals surface area contributed by atoms with Crippen LogP contribution in [0.2, 0.25) is 0 Å². The summed E-state index contributed by atoms with van der Waals surface area (Å²) >= 11 is 0. The second-order valence-electron chi connectivity index (χ2n) is 5.30. The maximum atomic E-state index is 12.5. The number of hydrogen-bond acceptors (Lipinski definition) is 3. The van der Waals surface area contributed by atoms with Crippen LogP contribution in [0.1, 0.15) is 33.1 Å². The quantitative estimate of drug-likeness (QED) is 0.734. The predicted molar refractivity (Wildman–Crippen MR) is 69.0 cm³/mol. The summed E-state index contributed by atoms with van der Waals surface area (Å²) in [4.78, 5) is 25.8. The van der Waals surface area contributed by atoms with Crippen molar-refractivity contribution in [3.63, 3.8) is 0 Å². The Labute approximate surface area is 108 Å². The molecule has 102 valence electrons. The van der Waals surface area contributed by atoms with E-state index in [1.54, 1.807) is 11.8 Å². The summed E-state index contributed by atoms with van der Waals surface area (Å²) < 4.78 is 0. The second-order valence-corrected chi connectivity index (χ2v) is 5.30. The number of piperazine rings is 1. The highest BCUT2D eigenvalue weighted by Gasteiger charge is 2.35. The summed E-state index contributed by atoms with van der Waals surface area (Å²) in [7, 11) is 0. The first kappa shape index (κ1) is 13.3. The Bertz CT molecular complexity index is 332. The van der Waals surface area contributed by atoms with Crippen LogP contribution < -0.4 is 10.6 Å². The fourth-order valence-corrected chi connectivity index (χ4v) is 2.84. The molecule has 5 heteroatoms. The molecule has 2 aliphatic rings. The number of rotatable bonds is 2. The van der Waals surface area contributed by atoms with Gasteiger partial charge in [0.2, 0.25) is 11.8 Å². The molecule has 5 nitrogen and oxygen atoms in total. The largest absolute Gasteiger partial charge is 0.353 e. The molecule has 0 saturated carbocycles. The van der Waals surface area contributed by atoms with Crippen molar-refractivity contribution in [1.82, 2.24) is 15.5 Å². The lowest BCUT2D eigenvalue weighted by molar-refractivity contribution is -0.144. The van der Waals surface area contributed by atoms with Gasteiger partial charge in [-0.15, -0.1) is 0 Å². The van der Waals surface area contributed by atoms with Crippen LogP contribution in [0.3, 0.4) is 0 Å². The molecule has 2 amide bonds. The Hall–Kier alpha value is -1.10. The minimum atomic E-state index is -0.338. The Morgan fingerprint density at radius 3 is 2.94 bits per heavy atom. The van der Waals surface area contributed by atoms with Crippen molar-refractivity contribution in [2.75, 3.05) is 19.6 Å². The van der Waals surface area contributed by atoms with Crippen LogP contribution in [0.5, 0.6) is 0 Å². The van der Waals surface area contributed by atoms with E-state index in [0.29, 0.717) is 19.0 Å². The lowest BCUT2D eigenvalue weighted by Crippen LogP contribution is -2.60. The second kappa shape index (κ2) is 5.69. The molecule has 2 N–H and O–H groups in total. The number of hydrogen-bond donors (Lipinski definition) is 2. The van der Waals surface area contributed by atoms with Crippen molar-refractivity contribution in [3.05, 3.63) is 0 Å². The van der Waals surface area contributed by atoms with Crippen molar-refractivity contribution < 1.29 is 9.59 Å². The maximum absolute atomic E-state index is 12.5. The molecule has 2 rings (SSSR count). The summed E-state index contributed by atoms with van der Waals surface area (Å²) in [6.07, 6.45) is 3.18. The van der Waals surface area contributed by atoms with E-state index in [1.165, 1.54) is 0 Å². The van der Waals surface area contributed by atoms with E-state index in [2.05, 4.69) is 17.6 Å². The fraction of sp³-hybridized carbons (Fsp3) is 0.846. The van der Waals surface area contributed by atoms with Crippen LogP contribution in [-0.2, 0) is 9.59 Å². The molecule has 2 saturated heterocycles. The van der Waals surface area contributed by atoms with Crippen molar-refractivity contribution in [2.45, 2.75) is 45.2 Å². The maximum Gasteiger partial charge on any atom is 0.242 e. The summed E-state index contributed by atoms with van der Waals surface area (Å²) in [6, 6.07) is -0.438. The van der Waals surface area contributed by atoms with Crippen LogP contribution in [-0.4, -0.2) is 48.4 Å². The topological polar surface area (TPSA) is 61.4 Å². The van der Waals surface area contributed by atoms with Crippen molar-refractivity contribution >= 4 is 11.8 Å². The van der Waals surface area contributed by atoms with Gasteiger partial charge in [-0.2, -0.15) is 0 Å². The monoisotopic (exact) mass is 253 g/mol. The third kappa shape index (κ3) is 2.66. The molecule has 0 aliphatic carbocycles. The van der Waals surface area contributed by atoms with Gasteiger partial charge in [0.05, 0.1) is 6.04 Å². The van der Waals surface area contributed by atoms with Crippen LogP contribution in [0.15, 0.2) is 0 Å². The zero-order valence-electron chi connectivity index (χ0n) is 11.2. The Balaban J connectivity index is 1.99. The number of carbonyl (C=O) groups excluding carboxylic acids is 2. The van der Waals surface area contributed by atoms with Crippen LogP contribution in [0, 0.1) is 5.92 Å². The zero-order valence-corrected chi connectivity index (χ0v) is 11.2. The molecule has 0 spiro atoms. The smallest absolute Gasteiger partial charge is 0.242 e. The van der Waals surface area contributed by atoms with Gasteiger partial charge >= 0.3 is 0 Å². The summed E-state index contributed by atoms with van der Waals surface area (Å²) in [5.74, 6) is 0.682. The zero-order chi connectivity index (χ0) is 13.1. The molecule has 3 atom stereocenters. The number of carbonyl (C=O) groups is 2. The van der Waals surface area contributed by atoms with E-state index in [1.807, 2.05) is 0 Å². The molecule has 18 heavy (non-hydrogen) atoms. The van der Waals surface area contributed by atoms with E-state index < -0.39 is 0 Å². The Morgan fingerprint density at radius 1 is 1.44 bits per heavy atom. The number of piperidine rings is 1. The normalized spacial score (nSPS) is 33.1. The summed E-state index contributed by atoms with van der Waals surface area (Å²) in [6.45, 7) is 6.07. The highest BCUT2D eigenvalue weighted by Crippen LogP contribution is 2.21. The lowest BCUT2D eigenvalue weighted by atomic mass is 9.89. The average Bonchev–Trinajstić information content (AvgIpc) is 2.41. The molecule has 3 unspecified atom stereocenters. The van der Waals surface area contributed by atoms with Crippen LogP contribution in [0.25, 0.3) is 0 Å². The minimum Gasteiger partial charge on any atom is -0.353 e. The molecule has 0 radical (unpaired) electrons. The first-order valence-corrected chi connectivity index (χ1v) is 6.95. The summed E-state index contributed by atoms with van der Waals surface area (Å²) in [5.41, 5.74) is 0. The molecular weight excluding hydrogens is 230 g/mol. The molecule has 2 heterocycles. The SMILES string of the molecule is CCC1CCNC(C(=O)N2CCNC(=O)C2C)C1. The van der Waals surface area contributed by atoms with Crippen molar-refractivity contribution in [3.8, 4) is 0 Å². The third-order valence-corrected chi connectivity index (χ3v) is 4.17. The first-order valence-electron chi connectivity index (χ1n) is 6.95. The number of nitrogens with zero attached hydrogens (tertiary/aromatic N) is 1. The predicted octanol–water partition coefficient (Wildman–Crippen LogP) is 0.112. The summed E-state index contributed by atoms with van der Waals surface area (Å²) in [5, 5.41) is 6.08. The van der Waals surface area contributed by atoms with Gasteiger partial charge in [0.25, 0.3) is 0 Å². The molecule has 0 aromatic carbocycles. The molecule has 0 aromatic heterocycles. The minimum absolute atomic E-state index is 0.0440. The van der Waals surface area contributed by atoms with Gasteiger partial charge in [0, 0.05) is 13.1 Å². The van der Waals surface area contributed by atoms with Gasteiger partial charge in [-0.05, 0) is 32.2 Å². The molecule has 0 bridgehead atoms. The highest BCUT2D eigenvalue weighted by molar-refractivity contribution is 5.90. The van der Waals surface area contributed by atoms with Crippen molar-refractivity contribution in [2.24, 2.45) is 5.92 Å². The van der Waals surface area contributed by atoms with E-state index in [4.69, 9.17) is 0 Å². The van der Waals surface area contributed by atoms with E-state index in [0.717, 1.165) is 25.8 Å². The molecule has 2 fully saturated rings. The van der Waals surface area contributed by atoms with Crippen LogP contribution >= 0.6 is 0 Å². The third-order valence-electron chi connectivity index (χ3n) is 4.17. The van der Waals surface area contributed by atoms with Gasteiger partial charge in [-0.25, -0.2) is 0 Å². The van der Waals surface area contributed by atoms with Gasteiger partial charge < -0.3 is 15.5 Å². The van der Waals surface area contributed by atoms with Gasteiger partial charge in [-0.1, -0.05) is 13.3 Å². The highest BCUT2D eigenvalue weighted by atomic mass is 16.2. The fourth-order valence-electron chi connectivity index (χ4n) is 2.84. The molecular formula is C13H23N3O2. The van der Waals surface area contributed by atoms with Gasteiger partial charge in [0.15, 0.2) is 0 Å². The number of amides is 2. The van der Waals surface area contributed by atoms with E-state index in [-0.39, 0.29) is 23.9 Å². The number of nitrogens with one attached hydrogen (secondary N) is 2. The standard InChI is InChI=1S/C13H23N3O2/c1-3-10-4-5-14-11(8-10)13(18)16-7-6-15-12(17)9(16)2/h9-11,14H,3-8H2,1-2H3,(H,15,17). The molecule has 2 aliphatic heterocycles. The van der Waals surface area contributed by atoms with Gasteiger partial charge in [0.1, 0.15) is 6.04 Å². The molecule has 0 aromatic rings. The lowest BCUT2D eigenvalue weighted by Gasteiger charge is -2.37. The average molecular weight is 253 g/mol. The van der Waals surface area contributed by atoms with E-state index in [9.17, 15) is 9.59 Å². The Morgan fingerprint density at radius 2 is 2.22 bits per heavy atom. The van der Waals surface area contributed by atoms with Gasteiger partial charge in [-0.3, -0.25) is 9.59 Å². The Kier molecular flexibility index (Phi) is 4.22. The first-order chi connectivity index (χ1) is 8.63. The van der Waals surface area contributed by atoms with Crippen LogP contribution in [0.4, 0.5) is 0 Å². The van der Waals surface area contributed by atoms with Crippen molar-refractivity contribution in [1.29, 1.82) is 0 Å².